The second-order valence-corrected chi connectivity index (χ2v) is 11.2. The topological polar surface area (TPSA) is 75.6 Å². The molecule has 6 rings (SSSR count). The fraction of sp³-hybridized carbons (Fsp3) is 0.480. The van der Waals surface area contributed by atoms with Gasteiger partial charge in [0.15, 0.2) is 5.69 Å². The summed E-state index contributed by atoms with van der Waals surface area (Å²) < 4.78 is 2.04. The van der Waals surface area contributed by atoms with Crippen LogP contribution >= 0.6 is 11.8 Å². The van der Waals surface area contributed by atoms with Crippen molar-refractivity contribution in [2.75, 3.05) is 16.8 Å². The van der Waals surface area contributed by atoms with Crippen molar-refractivity contribution in [3.05, 3.63) is 65.2 Å². The number of nitrogens with zero attached hydrogens (tertiary/aromatic N) is 3. The average molecular weight is 448 g/mol. The van der Waals surface area contributed by atoms with Gasteiger partial charge in [0.25, 0.3) is 5.91 Å². The second-order valence-electron chi connectivity index (χ2n) is 9.93. The van der Waals surface area contributed by atoms with Crippen molar-refractivity contribution in [3.63, 3.8) is 0 Å². The molecule has 1 aromatic carbocycles. The maximum Gasteiger partial charge on any atom is 0.276 e. The van der Waals surface area contributed by atoms with Crippen molar-refractivity contribution in [1.29, 1.82) is 0 Å². The van der Waals surface area contributed by atoms with E-state index in [2.05, 4.69) is 57.9 Å². The van der Waals surface area contributed by atoms with E-state index in [9.17, 15) is 4.79 Å². The number of hydrogen-bond acceptors (Lipinski definition) is 4. The lowest BCUT2D eigenvalue weighted by Crippen LogP contribution is -2.25. The van der Waals surface area contributed by atoms with Gasteiger partial charge in [-0.25, -0.2) is 0 Å². The first kappa shape index (κ1) is 20.1. The van der Waals surface area contributed by atoms with E-state index in [0.29, 0.717) is 22.9 Å². The molecule has 2 aromatic heterocycles. The van der Waals surface area contributed by atoms with Crippen LogP contribution in [0.3, 0.4) is 0 Å². The third-order valence-corrected chi connectivity index (χ3v) is 8.78. The molecule has 7 heteroatoms. The second kappa shape index (κ2) is 7.80. The van der Waals surface area contributed by atoms with Crippen molar-refractivity contribution in [2.45, 2.75) is 45.1 Å². The number of carbonyl (C=O) groups excluding carboxylic acids is 1. The van der Waals surface area contributed by atoms with Crippen molar-refractivity contribution >= 4 is 23.4 Å². The summed E-state index contributed by atoms with van der Waals surface area (Å²) in [6.45, 7) is 2.34. The number of hydrogen-bond donors (Lipinski definition) is 2. The molecule has 3 heterocycles. The standard InChI is InChI=1S/C25H29N5OS/c1-25-12-18(25)11-20-21(13-25)28-29-22(20)24(31)27-19-14-26-30(15-19)23(16-5-3-2-4-6-16)17-7-9-32-10-8-17/h2-6,14-15,17-18,23H,7-13H2,1H3,(H,27,31)(H,28,29). The molecule has 2 N–H and O–H groups in total. The highest BCUT2D eigenvalue weighted by Gasteiger charge is 2.53. The molecule has 0 radical (unpaired) electrons. The molecule has 1 amide bonds. The Bertz CT molecular complexity index is 1130. The Balaban J connectivity index is 1.23. The van der Waals surface area contributed by atoms with Gasteiger partial charge in [0, 0.05) is 17.5 Å². The molecule has 2 aliphatic carbocycles. The lowest BCUT2D eigenvalue weighted by molar-refractivity contribution is 0.102. The lowest BCUT2D eigenvalue weighted by Gasteiger charge is -2.30. The number of anilines is 1. The largest absolute Gasteiger partial charge is 0.318 e. The van der Waals surface area contributed by atoms with Crippen LogP contribution in [0.25, 0.3) is 0 Å². The summed E-state index contributed by atoms with van der Waals surface area (Å²) in [5, 5.41) is 15.2. The van der Waals surface area contributed by atoms with Crippen LogP contribution in [-0.2, 0) is 12.8 Å². The van der Waals surface area contributed by atoms with Crippen LogP contribution in [0.4, 0.5) is 5.69 Å². The van der Waals surface area contributed by atoms with Crippen LogP contribution in [0.15, 0.2) is 42.7 Å². The van der Waals surface area contributed by atoms with E-state index in [1.165, 1.54) is 36.3 Å². The molecule has 3 aromatic rings. The fourth-order valence-electron chi connectivity index (χ4n) is 5.71. The molecule has 6 nitrogen and oxygen atoms in total. The number of aromatic amines is 1. The predicted octanol–water partition coefficient (Wildman–Crippen LogP) is 4.72. The number of fused-ring (bicyclic) bond motifs is 2. The van der Waals surface area contributed by atoms with Gasteiger partial charge >= 0.3 is 0 Å². The van der Waals surface area contributed by atoms with Gasteiger partial charge in [-0.05, 0) is 66.4 Å². The van der Waals surface area contributed by atoms with Crippen LogP contribution in [0.5, 0.6) is 0 Å². The van der Waals surface area contributed by atoms with E-state index in [1.54, 1.807) is 6.20 Å². The van der Waals surface area contributed by atoms with E-state index in [0.717, 1.165) is 29.8 Å². The van der Waals surface area contributed by atoms with Gasteiger partial charge in [0.05, 0.1) is 17.9 Å². The summed E-state index contributed by atoms with van der Waals surface area (Å²) in [6.07, 6.45) is 9.33. The molecular formula is C25H29N5OS. The summed E-state index contributed by atoms with van der Waals surface area (Å²) in [7, 11) is 0. The van der Waals surface area contributed by atoms with Gasteiger partial charge < -0.3 is 5.32 Å². The van der Waals surface area contributed by atoms with E-state index >= 15 is 0 Å². The van der Waals surface area contributed by atoms with Gasteiger partial charge in [-0.15, -0.1) is 0 Å². The maximum atomic E-state index is 13.1. The Morgan fingerprint density at radius 3 is 2.91 bits per heavy atom. The van der Waals surface area contributed by atoms with Gasteiger partial charge in [-0.3, -0.25) is 14.6 Å². The minimum Gasteiger partial charge on any atom is -0.318 e. The number of benzene rings is 1. The number of aromatic nitrogens is 4. The predicted molar refractivity (Wildman–Crippen MR) is 127 cm³/mol. The molecule has 3 unspecified atom stereocenters. The van der Waals surface area contributed by atoms with Crippen LogP contribution in [0, 0.1) is 17.3 Å². The fourth-order valence-corrected chi connectivity index (χ4v) is 6.86. The molecule has 3 aliphatic rings. The molecule has 0 bridgehead atoms. The van der Waals surface area contributed by atoms with E-state index in [1.807, 2.05) is 22.6 Å². The zero-order valence-corrected chi connectivity index (χ0v) is 19.2. The summed E-state index contributed by atoms with van der Waals surface area (Å²) >= 11 is 2.04. The lowest BCUT2D eigenvalue weighted by atomic mass is 9.87. The minimum absolute atomic E-state index is 0.142. The van der Waals surface area contributed by atoms with Crippen LogP contribution in [0.1, 0.15) is 59.5 Å². The van der Waals surface area contributed by atoms with E-state index in [-0.39, 0.29) is 11.9 Å². The Hall–Kier alpha value is -2.54. The van der Waals surface area contributed by atoms with Crippen LogP contribution < -0.4 is 5.32 Å². The van der Waals surface area contributed by atoms with Gasteiger partial charge in [0.1, 0.15) is 0 Å². The third kappa shape index (κ3) is 3.56. The van der Waals surface area contributed by atoms with E-state index < -0.39 is 0 Å². The number of nitrogens with one attached hydrogen (secondary N) is 2. The molecule has 32 heavy (non-hydrogen) atoms. The monoisotopic (exact) mass is 447 g/mol. The highest BCUT2D eigenvalue weighted by molar-refractivity contribution is 7.99. The Morgan fingerprint density at radius 1 is 1.28 bits per heavy atom. The summed E-state index contributed by atoms with van der Waals surface area (Å²) in [6, 6.07) is 10.8. The summed E-state index contributed by atoms with van der Waals surface area (Å²) in [5.41, 5.74) is 5.21. The number of thioether (sulfide) groups is 1. The number of carbonyl (C=O) groups is 1. The molecule has 1 saturated heterocycles. The quantitative estimate of drug-likeness (QED) is 0.594. The van der Waals surface area contributed by atoms with Crippen molar-refractivity contribution in [1.82, 2.24) is 20.0 Å². The molecule has 1 aliphatic heterocycles. The minimum atomic E-state index is -0.142. The normalized spacial score (nSPS) is 25.6. The summed E-state index contributed by atoms with van der Waals surface area (Å²) in [5.74, 6) is 3.50. The Kier molecular flexibility index (Phi) is 4.90. The number of rotatable bonds is 5. The van der Waals surface area contributed by atoms with Gasteiger partial charge in [0.2, 0.25) is 0 Å². The first-order chi connectivity index (χ1) is 15.6. The van der Waals surface area contributed by atoms with Crippen LogP contribution in [0.2, 0.25) is 0 Å². The maximum absolute atomic E-state index is 13.1. The highest BCUT2D eigenvalue weighted by Crippen LogP contribution is 2.59. The first-order valence-corrected chi connectivity index (χ1v) is 12.8. The summed E-state index contributed by atoms with van der Waals surface area (Å²) in [4.78, 5) is 13.1. The highest BCUT2D eigenvalue weighted by atomic mass is 32.2. The van der Waals surface area contributed by atoms with Crippen molar-refractivity contribution in [2.24, 2.45) is 17.3 Å². The number of amides is 1. The smallest absolute Gasteiger partial charge is 0.276 e. The van der Waals surface area contributed by atoms with Gasteiger partial charge in [-0.2, -0.15) is 22.0 Å². The zero-order valence-electron chi connectivity index (χ0n) is 18.4. The number of H-pyrrole nitrogens is 1. The zero-order chi connectivity index (χ0) is 21.7. The Morgan fingerprint density at radius 2 is 2.09 bits per heavy atom. The molecule has 1 saturated carbocycles. The van der Waals surface area contributed by atoms with Crippen molar-refractivity contribution in [3.8, 4) is 0 Å². The Labute approximate surface area is 192 Å². The van der Waals surface area contributed by atoms with Crippen LogP contribution in [-0.4, -0.2) is 37.4 Å². The molecule has 166 valence electrons. The average Bonchev–Trinajstić information content (AvgIpc) is 3.10. The van der Waals surface area contributed by atoms with E-state index in [4.69, 9.17) is 0 Å². The molecular weight excluding hydrogens is 418 g/mol. The van der Waals surface area contributed by atoms with Gasteiger partial charge in [-0.1, -0.05) is 37.3 Å². The third-order valence-electron chi connectivity index (χ3n) is 7.74. The molecule has 0 spiro atoms. The first-order valence-electron chi connectivity index (χ1n) is 11.6. The SMILES string of the molecule is CC12Cc3[nH]nc(C(=O)Nc4cnn(C(c5ccccc5)C5CCSCC5)c4)c3CC1C2. The molecule has 2 fully saturated rings. The molecule has 3 atom stereocenters. The van der Waals surface area contributed by atoms with Crippen molar-refractivity contribution < 1.29 is 4.79 Å².